The van der Waals surface area contributed by atoms with E-state index in [0.29, 0.717) is 13.0 Å². The van der Waals surface area contributed by atoms with Gasteiger partial charge in [-0.25, -0.2) is 4.98 Å². The second kappa shape index (κ2) is 13.5. The van der Waals surface area contributed by atoms with Crippen molar-refractivity contribution in [1.82, 2.24) is 15.6 Å². The molecule has 0 unspecified atom stereocenters. The summed E-state index contributed by atoms with van der Waals surface area (Å²) in [6.45, 7) is 5.50. The molecule has 1 aromatic rings. The number of oxazole rings is 1. The predicted molar refractivity (Wildman–Crippen MR) is 124 cm³/mol. The van der Waals surface area contributed by atoms with Crippen LogP contribution in [0, 0.1) is 5.92 Å². The van der Waals surface area contributed by atoms with Gasteiger partial charge in [0.25, 0.3) is 5.91 Å². The van der Waals surface area contributed by atoms with Crippen LogP contribution in [0.5, 0.6) is 0 Å². The van der Waals surface area contributed by atoms with Crippen LogP contribution in [0.2, 0.25) is 0 Å². The number of esters is 1. The van der Waals surface area contributed by atoms with E-state index in [0.717, 1.165) is 11.8 Å². The van der Waals surface area contributed by atoms with Crippen LogP contribution in [-0.4, -0.2) is 64.4 Å². The zero-order chi connectivity index (χ0) is 25.1. The molecular formula is C24H33N3O7. The van der Waals surface area contributed by atoms with Gasteiger partial charge in [-0.1, -0.05) is 43.7 Å². The van der Waals surface area contributed by atoms with E-state index in [1.54, 1.807) is 31.2 Å². The zero-order valence-corrected chi connectivity index (χ0v) is 19.7. The van der Waals surface area contributed by atoms with Gasteiger partial charge in [-0.3, -0.25) is 14.4 Å². The molecule has 10 heteroatoms. The lowest BCUT2D eigenvalue weighted by Crippen LogP contribution is -2.34. The Morgan fingerprint density at radius 2 is 1.88 bits per heavy atom. The Balaban J connectivity index is 2.14. The number of ether oxygens (including phenoxy) is 1. The molecular weight excluding hydrogens is 442 g/mol. The Morgan fingerprint density at radius 1 is 1.12 bits per heavy atom. The lowest BCUT2D eigenvalue weighted by molar-refractivity contribution is -0.149. The van der Waals surface area contributed by atoms with Gasteiger partial charge in [0.1, 0.15) is 18.9 Å². The van der Waals surface area contributed by atoms with Crippen LogP contribution < -0.4 is 10.6 Å². The van der Waals surface area contributed by atoms with Crippen LogP contribution in [0.15, 0.2) is 46.6 Å². The number of aliphatic hydroxyl groups excluding tert-OH is 2. The summed E-state index contributed by atoms with van der Waals surface area (Å²) in [5, 5.41) is 25.5. The Hall–Kier alpha value is -3.24. The molecule has 0 fully saturated rings. The molecule has 2 amide bonds. The summed E-state index contributed by atoms with van der Waals surface area (Å²) in [7, 11) is 0. The molecule has 3 atom stereocenters. The van der Waals surface area contributed by atoms with Gasteiger partial charge in [0.15, 0.2) is 11.6 Å². The minimum atomic E-state index is -0.951. The van der Waals surface area contributed by atoms with Gasteiger partial charge in [0, 0.05) is 19.4 Å². The average Bonchev–Trinajstić information content (AvgIpc) is 3.21. The molecule has 0 aromatic carbocycles. The third kappa shape index (κ3) is 9.72. The monoisotopic (exact) mass is 475 g/mol. The van der Waals surface area contributed by atoms with Crippen molar-refractivity contribution in [2.45, 2.75) is 58.3 Å². The lowest BCUT2D eigenvalue weighted by Gasteiger charge is -2.20. The number of nitrogens with zero attached hydrogens (tertiary/aromatic N) is 1. The van der Waals surface area contributed by atoms with E-state index in [9.17, 15) is 24.6 Å². The number of hydrogen-bond donors (Lipinski definition) is 4. The number of amides is 2. The van der Waals surface area contributed by atoms with Crippen molar-refractivity contribution in [3.05, 3.63) is 53.8 Å². The first kappa shape index (κ1) is 27.0. The number of cyclic esters (lactones) is 1. The Bertz CT molecular complexity index is 933. The number of aromatic nitrogens is 1. The van der Waals surface area contributed by atoms with Gasteiger partial charge in [0.2, 0.25) is 5.91 Å². The third-order valence-corrected chi connectivity index (χ3v) is 5.00. The van der Waals surface area contributed by atoms with Crippen molar-refractivity contribution in [2.24, 2.45) is 5.92 Å². The highest BCUT2D eigenvalue weighted by Crippen LogP contribution is 2.13. The summed E-state index contributed by atoms with van der Waals surface area (Å²) in [6, 6.07) is 0. The van der Waals surface area contributed by atoms with Gasteiger partial charge in [-0.05, 0) is 18.9 Å². The Labute approximate surface area is 198 Å². The maximum absolute atomic E-state index is 12.3. The van der Waals surface area contributed by atoms with Crippen LogP contribution in [0.25, 0.3) is 0 Å². The molecule has 0 spiro atoms. The Morgan fingerprint density at radius 3 is 2.62 bits per heavy atom. The second-order valence-electron chi connectivity index (χ2n) is 8.44. The maximum atomic E-state index is 12.3. The number of nitrogens with one attached hydrogen (secondary N) is 2. The normalized spacial score (nSPS) is 25.2. The van der Waals surface area contributed by atoms with Gasteiger partial charge >= 0.3 is 5.97 Å². The summed E-state index contributed by atoms with van der Waals surface area (Å²) in [5.41, 5.74) is 0.726. The van der Waals surface area contributed by atoms with Crippen LogP contribution >= 0.6 is 0 Å². The number of hydrogen-bond acceptors (Lipinski definition) is 8. The molecule has 1 aliphatic heterocycles. The number of carbonyl (C=O) groups is 3. The molecule has 4 N–H and O–H groups in total. The van der Waals surface area contributed by atoms with Crippen molar-refractivity contribution >= 4 is 17.8 Å². The fraction of sp³-hybridized carbons (Fsp3) is 0.500. The molecule has 0 saturated heterocycles. The van der Waals surface area contributed by atoms with Gasteiger partial charge in [-0.15, -0.1) is 0 Å². The SMILES string of the molecule is CC1=C[C@@H](O)C[C@@H](O)Cc2nc(co2)C(=O)NCC(=O)O[C@H](C(C)C)C/C=C/C(=O)NCC=C1. The summed E-state index contributed by atoms with van der Waals surface area (Å²) in [4.78, 5) is 40.5. The Kier molecular flexibility index (Phi) is 10.7. The van der Waals surface area contributed by atoms with Crippen molar-refractivity contribution in [3.8, 4) is 0 Å². The van der Waals surface area contributed by atoms with E-state index in [-0.39, 0.29) is 42.8 Å². The second-order valence-corrected chi connectivity index (χ2v) is 8.44. The van der Waals surface area contributed by atoms with E-state index in [2.05, 4.69) is 15.6 Å². The summed E-state index contributed by atoms with van der Waals surface area (Å²) in [6.07, 6.45) is 7.31. The zero-order valence-electron chi connectivity index (χ0n) is 19.7. The molecule has 2 bridgehead atoms. The largest absolute Gasteiger partial charge is 0.460 e. The highest BCUT2D eigenvalue weighted by atomic mass is 16.5. The number of rotatable bonds is 1. The summed E-state index contributed by atoms with van der Waals surface area (Å²) < 4.78 is 10.7. The first-order chi connectivity index (χ1) is 16.1. The van der Waals surface area contributed by atoms with Crippen LogP contribution in [0.1, 0.15) is 50.0 Å². The first-order valence-corrected chi connectivity index (χ1v) is 11.2. The molecule has 34 heavy (non-hydrogen) atoms. The molecule has 0 radical (unpaired) electrons. The molecule has 1 aliphatic rings. The van der Waals surface area contributed by atoms with Crippen molar-refractivity contribution in [2.75, 3.05) is 13.1 Å². The van der Waals surface area contributed by atoms with E-state index >= 15 is 0 Å². The molecule has 1 aromatic heterocycles. The standard InChI is InChI=1S/C24H33N3O7/c1-15(2)20-7-4-8-21(30)25-9-5-6-16(3)10-17(28)11-18(29)12-22-27-19(14-33-22)24(32)26-13-23(31)34-20/h4-6,8,10,14-15,17-18,20,28-29H,7,9,11-13H2,1-3H3,(H,25,30)(H,26,32)/b6-5?,8-4+,16-10?/t17-,18-,20+/m1/s1. The molecule has 2 rings (SSSR count). The highest BCUT2D eigenvalue weighted by Gasteiger charge is 2.20. The van der Waals surface area contributed by atoms with Crippen molar-refractivity contribution in [1.29, 1.82) is 0 Å². The average molecular weight is 476 g/mol. The maximum Gasteiger partial charge on any atom is 0.325 e. The third-order valence-electron chi connectivity index (χ3n) is 5.00. The summed E-state index contributed by atoms with van der Waals surface area (Å²) in [5.74, 6) is -1.40. The molecule has 186 valence electrons. The smallest absolute Gasteiger partial charge is 0.325 e. The minimum absolute atomic E-state index is 0.000543. The first-order valence-electron chi connectivity index (χ1n) is 11.2. The minimum Gasteiger partial charge on any atom is -0.460 e. The molecule has 2 heterocycles. The fourth-order valence-electron chi connectivity index (χ4n) is 3.18. The molecule has 10 nitrogen and oxygen atoms in total. The number of carbonyl (C=O) groups excluding carboxylic acids is 3. The lowest BCUT2D eigenvalue weighted by atomic mass is 10.0. The number of fused-ring (bicyclic) bond motifs is 2. The topological polar surface area (TPSA) is 151 Å². The quantitative estimate of drug-likeness (QED) is 0.443. The van der Waals surface area contributed by atoms with E-state index in [4.69, 9.17) is 9.15 Å². The van der Waals surface area contributed by atoms with Crippen LogP contribution in [0.4, 0.5) is 0 Å². The highest BCUT2D eigenvalue weighted by molar-refractivity contribution is 5.93. The predicted octanol–water partition coefficient (Wildman–Crippen LogP) is 1.21. The molecule has 0 saturated carbocycles. The number of allylic oxidation sites excluding steroid dienone is 2. The fourth-order valence-corrected chi connectivity index (χ4v) is 3.18. The van der Waals surface area contributed by atoms with Crippen LogP contribution in [-0.2, 0) is 20.7 Å². The summed E-state index contributed by atoms with van der Waals surface area (Å²) >= 11 is 0. The molecule has 0 aliphatic carbocycles. The van der Waals surface area contributed by atoms with E-state index < -0.39 is 30.2 Å². The van der Waals surface area contributed by atoms with Crippen molar-refractivity contribution < 1.29 is 33.8 Å². The van der Waals surface area contributed by atoms with Gasteiger partial charge in [0.05, 0.1) is 18.6 Å². The van der Waals surface area contributed by atoms with Crippen molar-refractivity contribution in [3.63, 3.8) is 0 Å². The van der Waals surface area contributed by atoms with E-state index in [1.807, 2.05) is 13.8 Å². The van der Waals surface area contributed by atoms with Gasteiger partial charge in [-0.2, -0.15) is 0 Å². The van der Waals surface area contributed by atoms with E-state index in [1.165, 1.54) is 6.08 Å². The van der Waals surface area contributed by atoms with Gasteiger partial charge < -0.3 is 30.0 Å². The number of aliphatic hydroxyl groups is 2. The van der Waals surface area contributed by atoms with Crippen LogP contribution in [0.3, 0.4) is 0 Å².